The predicted molar refractivity (Wildman–Crippen MR) is 61.6 cm³/mol. The van der Waals surface area contributed by atoms with Crippen LogP contribution in [0.2, 0.25) is 0 Å². The summed E-state index contributed by atoms with van der Waals surface area (Å²) in [6.07, 6.45) is -4.74. The van der Waals surface area contributed by atoms with E-state index in [0.29, 0.717) is 0 Å². The van der Waals surface area contributed by atoms with Gasteiger partial charge in [0.05, 0.1) is 18.2 Å². The molecule has 0 spiro atoms. The van der Waals surface area contributed by atoms with Crippen LogP contribution in [0.4, 0.5) is 18.0 Å². The zero-order valence-electron chi connectivity index (χ0n) is 10.1. The Morgan fingerprint density at radius 2 is 2.16 bits per heavy atom. The molecule has 104 valence electrons. The number of hydrogen-bond acceptors (Lipinski definition) is 2. The van der Waals surface area contributed by atoms with E-state index >= 15 is 0 Å². The number of benzene rings is 1. The van der Waals surface area contributed by atoms with Gasteiger partial charge in [-0.25, -0.2) is 4.79 Å². The van der Waals surface area contributed by atoms with Gasteiger partial charge < -0.3 is 15.4 Å². The molecule has 1 aromatic rings. The van der Waals surface area contributed by atoms with Crippen molar-refractivity contribution >= 4 is 6.03 Å². The zero-order chi connectivity index (χ0) is 14.2. The summed E-state index contributed by atoms with van der Waals surface area (Å²) < 4.78 is 43.0. The first kappa shape index (κ1) is 13.5. The Bertz CT molecular complexity index is 490. The average Bonchev–Trinajstić information content (AvgIpc) is 2.32. The molecule has 4 nitrogen and oxygen atoms in total. The monoisotopic (exact) mass is 274 g/mol. The van der Waals surface area contributed by atoms with Gasteiger partial charge in [-0.2, -0.15) is 13.2 Å². The van der Waals surface area contributed by atoms with Gasteiger partial charge in [-0.05, 0) is 25.1 Å². The number of primary amides is 1. The first-order valence-electron chi connectivity index (χ1n) is 5.69. The summed E-state index contributed by atoms with van der Waals surface area (Å²) in [7, 11) is 0. The van der Waals surface area contributed by atoms with Crippen molar-refractivity contribution in [2.45, 2.75) is 25.2 Å². The maximum atomic E-state index is 12.5. The lowest BCUT2D eigenvalue weighted by molar-refractivity contribution is -0.137. The van der Waals surface area contributed by atoms with E-state index in [2.05, 4.69) is 0 Å². The third-order valence-corrected chi connectivity index (χ3v) is 3.14. The second-order valence-corrected chi connectivity index (χ2v) is 4.41. The van der Waals surface area contributed by atoms with Crippen LogP contribution in [0.3, 0.4) is 0 Å². The zero-order valence-corrected chi connectivity index (χ0v) is 10.1. The lowest BCUT2D eigenvalue weighted by Gasteiger charge is -2.44. The van der Waals surface area contributed by atoms with Gasteiger partial charge in [0.1, 0.15) is 11.9 Å². The Morgan fingerprint density at radius 1 is 1.47 bits per heavy atom. The maximum Gasteiger partial charge on any atom is 0.416 e. The van der Waals surface area contributed by atoms with E-state index in [1.165, 1.54) is 17.0 Å². The summed E-state index contributed by atoms with van der Waals surface area (Å²) in [5.74, 6) is 0.135. The molecule has 2 rings (SSSR count). The number of amides is 2. The van der Waals surface area contributed by atoms with Crippen LogP contribution in [0.1, 0.15) is 12.5 Å². The third kappa shape index (κ3) is 2.74. The number of alkyl halides is 3. The predicted octanol–water partition coefficient (Wildman–Crippen LogP) is 2.24. The Labute approximate surface area is 107 Å². The fourth-order valence-electron chi connectivity index (χ4n) is 1.92. The standard InChI is InChI=1S/C12H13F3N2O2/c1-7-10(6-17(7)11(16)18)19-9-4-2-3-8(5-9)12(13,14)15/h2-5,7,10H,6H2,1H3,(H2,16,18). The topological polar surface area (TPSA) is 55.6 Å². The van der Waals surface area contributed by atoms with Gasteiger partial charge in [-0.15, -0.1) is 0 Å². The number of rotatable bonds is 2. The van der Waals surface area contributed by atoms with E-state index in [-0.39, 0.29) is 24.4 Å². The molecule has 2 N–H and O–H groups in total. The molecule has 1 aliphatic rings. The Hall–Kier alpha value is -1.92. The molecule has 0 aromatic heterocycles. The van der Waals surface area contributed by atoms with Crippen molar-refractivity contribution in [1.82, 2.24) is 4.90 Å². The lowest BCUT2D eigenvalue weighted by Crippen LogP contribution is -2.64. The van der Waals surface area contributed by atoms with Gasteiger partial charge in [0.25, 0.3) is 0 Å². The summed E-state index contributed by atoms with van der Waals surface area (Å²) in [5, 5.41) is 0. The van der Waals surface area contributed by atoms with E-state index in [9.17, 15) is 18.0 Å². The van der Waals surface area contributed by atoms with Gasteiger partial charge in [-0.3, -0.25) is 0 Å². The van der Waals surface area contributed by atoms with E-state index < -0.39 is 17.8 Å². The van der Waals surface area contributed by atoms with Gasteiger partial charge in [0.2, 0.25) is 0 Å². The summed E-state index contributed by atoms with van der Waals surface area (Å²) in [6.45, 7) is 2.01. The molecule has 2 atom stereocenters. The molecule has 0 saturated carbocycles. The maximum absolute atomic E-state index is 12.5. The minimum absolute atomic E-state index is 0.135. The van der Waals surface area contributed by atoms with Crippen molar-refractivity contribution in [3.8, 4) is 5.75 Å². The van der Waals surface area contributed by atoms with Crippen molar-refractivity contribution in [2.24, 2.45) is 5.73 Å². The van der Waals surface area contributed by atoms with Crippen LogP contribution in [0.15, 0.2) is 24.3 Å². The molecule has 0 radical (unpaired) electrons. The highest BCUT2D eigenvalue weighted by Crippen LogP contribution is 2.32. The molecule has 2 unspecified atom stereocenters. The van der Waals surface area contributed by atoms with Crippen molar-refractivity contribution < 1.29 is 22.7 Å². The summed E-state index contributed by atoms with van der Waals surface area (Å²) in [5.41, 5.74) is 4.35. The normalized spacial score (nSPS) is 22.8. The lowest BCUT2D eigenvalue weighted by atomic mass is 10.0. The van der Waals surface area contributed by atoms with E-state index in [0.717, 1.165) is 12.1 Å². The quantitative estimate of drug-likeness (QED) is 0.899. The van der Waals surface area contributed by atoms with Gasteiger partial charge in [0.15, 0.2) is 0 Å². The van der Waals surface area contributed by atoms with Crippen LogP contribution >= 0.6 is 0 Å². The smallest absolute Gasteiger partial charge is 0.416 e. The number of carbonyl (C=O) groups is 1. The minimum Gasteiger partial charge on any atom is -0.486 e. The second-order valence-electron chi connectivity index (χ2n) is 4.41. The number of halogens is 3. The number of likely N-dealkylation sites (tertiary alicyclic amines) is 1. The highest BCUT2D eigenvalue weighted by atomic mass is 19.4. The third-order valence-electron chi connectivity index (χ3n) is 3.14. The molecule has 1 aliphatic heterocycles. The Kier molecular flexibility index (Phi) is 3.30. The van der Waals surface area contributed by atoms with Crippen LogP contribution in [-0.2, 0) is 6.18 Å². The van der Waals surface area contributed by atoms with Crippen molar-refractivity contribution in [3.63, 3.8) is 0 Å². The first-order chi connectivity index (χ1) is 8.79. The largest absolute Gasteiger partial charge is 0.486 e. The van der Waals surface area contributed by atoms with Crippen molar-refractivity contribution in [3.05, 3.63) is 29.8 Å². The molecule has 1 fully saturated rings. The molecule has 0 bridgehead atoms. The second kappa shape index (κ2) is 4.64. The van der Waals surface area contributed by atoms with E-state index in [4.69, 9.17) is 10.5 Å². The number of nitrogens with two attached hydrogens (primary N) is 1. The minimum atomic E-state index is -4.40. The number of carbonyl (C=O) groups excluding carboxylic acids is 1. The van der Waals surface area contributed by atoms with Gasteiger partial charge >= 0.3 is 12.2 Å². The summed E-state index contributed by atoms with van der Waals surface area (Å²) in [4.78, 5) is 12.3. The summed E-state index contributed by atoms with van der Waals surface area (Å²) in [6, 6.07) is 3.86. The van der Waals surface area contributed by atoms with Gasteiger partial charge in [0, 0.05) is 0 Å². The summed E-state index contributed by atoms with van der Waals surface area (Å²) >= 11 is 0. The fraction of sp³-hybridized carbons (Fsp3) is 0.417. The van der Waals surface area contributed by atoms with Crippen molar-refractivity contribution in [2.75, 3.05) is 6.54 Å². The molecule has 1 saturated heterocycles. The molecule has 1 heterocycles. The van der Waals surface area contributed by atoms with Crippen molar-refractivity contribution in [1.29, 1.82) is 0 Å². The van der Waals surface area contributed by atoms with Crippen LogP contribution in [0, 0.1) is 0 Å². The highest BCUT2D eigenvalue weighted by Gasteiger charge is 2.39. The van der Waals surface area contributed by atoms with Crippen LogP contribution in [0.5, 0.6) is 5.75 Å². The van der Waals surface area contributed by atoms with Crippen LogP contribution in [0.25, 0.3) is 0 Å². The molecule has 1 aromatic carbocycles. The average molecular weight is 274 g/mol. The fourth-order valence-corrected chi connectivity index (χ4v) is 1.92. The molecule has 19 heavy (non-hydrogen) atoms. The number of hydrogen-bond donors (Lipinski definition) is 1. The molecule has 0 aliphatic carbocycles. The van der Waals surface area contributed by atoms with E-state index in [1.54, 1.807) is 6.92 Å². The number of urea groups is 1. The van der Waals surface area contributed by atoms with Crippen LogP contribution < -0.4 is 10.5 Å². The highest BCUT2D eigenvalue weighted by molar-refractivity contribution is 5.73. The molecule has 7 heteroatoms. The Morgan fingerprint density at radius 3 is 2.68 bits per heavy atom. The Balaban J connectivity index is 2.04. The molecular weight excluding hydrogens is 261 g/mol. The molecule has 2 amide bonds. The number of nitrogens with zero attached hydrogens (tertiary/aromatic N) is 1. The van der Waals surface area contributed by atoms with Crippen LogP contribution in [-0.4, -0.2) is 29.6 Å². The van der Waals surface area contributed by atoms with Gasteiger partial charge in [-0.1, -0.05) is 6.07 Å². The number of ether oxygens (including phenoxy) is 1. The molecular formula is C12H13F3N2O2. The SMILES string of the molecule is CC1C(Oc2cccc(C(F)(F)F)c2)CN1C(N)=O. The first-order valence-corrected chi connectivity index (χ1v) is 5.69. The van der Waals surface area contributed by atoms with E-state index in [1.807, 2.05) is 0 Å².